The van der Waals surface area contributed by atoms with Crippen LogP contribution < -0.4 is 10.5 Å². The number of halogens is 3. The summed E-state index contributed by atoms with van der Waals surface area (Å²) in [6.45, 7) is 1.01. The largest absolute Gasteiger partial charge is 0.477 e. The highest BCUT2D eigenvalue weighted by molar-refractivity contribution is 6.00. The number of nitrogens with two attached hydrogens (primary N) is 1. The van der Waals surface area contributed by atoms with Crippen LogP contribution in [0.25, 0.3) is 0 Å². The summed E-state index contributed by atoms with van der Waals surface area (Å²) in [6, 6.07) is 0. The summed E-state index contributed by atoms with van der Waals surface area (Å²) in [5, 5.41) is 15.3. The maximum atomic E-state index is 12.0. The molecule has 0 atom stereocenters. The van der Waals surface area contributed by atoms with Crippen LogP contribution in [-0.2, 0) is 7.05 Å². The summed E-state index contributed by atoms with van der Waals surface area (Å²) in [5.41, 5.74) is 5.99. The predicted molar refractivity (Wildman–Crippen MR) is 56.6 cm³/mol. The van der Waals surface area contributed by atoms with Gasteiger partial charge in [-0.05, 0) is 6.92 Å². The molecule has 6 nitrogen and oxygen atoms in total. The lowest BCUT2D eigenvalue weighted by atomic mass is 10.2. The molecule has 0 saturated heterocycles. The van der Waals surface area contributed by atoms with Gasteiger partial charge >= 0.3 is 6.18 Å². The minimum atomic E-state index is -4.30. The van der Waals surface area contributed by atoms with Crippen molar-refractivity contribution >= 4 is 5.84 Å². The summed E-state index contributed by atoms with van der Waals surface area (Å²) in [5.74, 6) is -0.227. The second-order valence-corrected chi connectivity index (χ2v) is 3.59. The van der Waals surface area contributed by atoms with Crippen molar-refractivity contribution in [2.24, 2.45) is 17.9 Å². The maximum absolute atomic E-state index is 12.0. The molecule has 3 N–H and O–H groups in total. The molecule has 0 aliphatic heterocycles. The number of nitrogens with zero attached hydrogens (tertiary/aromatic N) is 3. The van der Waals surface area contributed by atoms with Crippen LogP contribution in [0.1, 0.15) is 17.7 Å². The van der Waals surface area contributed by atoms with Crippen LogP contribution in [0.2, 0.25) is 0 Å². The summed E-state index contributed by atoms with van der Waals surface area (Å²) < 4.78 is 42.2. The van der Waals surface area contributed by atoms with Crippen LogP contribution >= 0.6 is 0 Å². The number of rotatable bonds is 4. The molecule has 1 rings (SSSR count). The lowest BCUT2D eigenvalue weighted by molar-refractivity contribution is -0.139. The Morgan fingerprint density at radius 3 is 2.67 bits per heavy atom. The average Bonchev–Trinajstić information content (AvgIpc) is 2.51. The van der Waals surface area contributed by atoms with Gasteiger partial charge < -0.3 is 15.7 Å². The van der Waals surface area contributed by atoms with Crippen molar-refractivity contribution < 1.29 is 23.1 Å². The van der Waals surface area contributed by atoms with Gasteiger partial charge in [0.05, 0.1) is 18.7 Å². The molecule has 1 aromatic rings. The van der Waals surface area contributed by atoms with Crippen molar-refractivity contribution in [3.05, 3.63) is 11.3 Å². The molecule has 0 radical (unpaired) electrons. The number of ether oxygens (including phenoxy) is 1. The number of oxime groups is 1. The molecule has 0 aromatic carbocycles. The molecular formula is C9H13F3N4O2. The number of aromatic nitrogens is 2. The van der Waals surface area contributed by atoms with E-state index >= 15 is 0 Å². The van der Waals surface area contributed by atoms with Crippen molar-refractivity contribution in [3.8, 4) is 5.88 Å². The van der Waals surface area contributed by atoms with E-state index in [1.54, 1.807) is 6.92 Å². The fourth-order valence-electron chi connectivity index (χ4n) is 1.41. The average molecular weight is 266 g/mol. The molecule has 0 saturated carbocycles. The molecule has 0 aliphatic rings. The molecule has 0 aliphatic carbocycles. The fourth-order valence-corrected chi connectivity index (χ4v) is 1.41. The van der Waals surface area contributed by atoms with E-state index in [1.165, 1.54) is 11.7 Å². The van der Waals surface area contributed by atoms with Gasteiger partial charge in [-0.3, -0.25) is 0 Å². The van der Waals surface area contributed by atoms with Gasteiger partial charge in [-0.2, -0.15) is 18.3 Å². The van der Waals surface area contributed by atoms with Gasteiger partial charge in [-0.25, -0.2) is 4.68 Å². The summed E-state index contributed by atoms with van der Waals surface area (Å²) >= 11 is 0. The summed E-state index contributed by atoms with van der Waals surface area (Å²) in [7, 11) is 1.49. The third-order valence-electron chi connectivity index (χ3n) is 2.16. The van der Waals surface area contributed by atoms with Gasteiger partial charge in [0.1, 0.15) is 5.56 Å². The zero-order valence-corrected chi connectivity index (χ0v) is 9.82. The van der Waals surface area contributed by atoms with E-state index in [4.69, 9.17) is 15.7 Å². The van der Waals surface area contributed by atoms with Crippen LogP contribution in [0.4, 0.5) is 13.2 Å². The molecule has 0 amide bonds. The Labute approximate surface area is 101 Å². The van der Waals surface area contributed by atoms with Gasteiger partial charge in [-0.1, -0.05) is 5.16 Å². The van der Waals surface area contributed by atoms with E-state index in [-0.39, 0.29) is 17.3 Å². The number of hydrogen-bond acceptors (Lipinski definition) is 4. The first-order valence-corrected chi connectivity index (χ1v) is 4.97. The van der Waals surface area contributed by atoms with E-state index in [9.17, 15) is 13.2 Å². The summed E-state index contributed by atoms with van der Waals surface area (Å²) in [6.07, 6.45) is -5.39. The van der Waals surface area contributed by atoms with E-state index < -0.39 is 19.2 Å². The Morgan fingerprint density at radius 2 is 2.17 bits per heavy atom. The highest BCUT2D eigenvalue weighted by atomic mass is 19.4. The summed E-state index contributed by atoms with van der Waals surface area (Å²) in [4.78, 5) is 0. The lowest BCUT2D eigenvalue weighted by Crippen LogP contribution is -2.18. The molecule has 1 heterocycles. The molecule has 1 aromatic heterocycles. The van der Waals surface area contributed by atoms with Gasteiger partial charge in [0, 0.05) is 7.05 Å². The highest BCUT2D eigenvalue weighted by Crippen LogP contribution is 2.24. The SMILES string of the molecule is Cc1nn(C)c(OCCC(F)(F)F)c1C(N)=NO. The monoisotopic (exact) mass is 266 g/mol. The second-order valence-electron chi connectivity index (χ2n) is 3.59. The van der Waals surface area contributed by atoms with Gasteiger partial charge in [0.15, 0.2) is 5.84 Å². The molecule has 102 valence electrons. The maximum Gasteiger partial charge on any atom is 0.392 e. The molecule has 0 fully saturated rings. The molecule has 0 unspecified atom stereocenters. The lowest BCUT2D eigenvalue weighted by Gasteiger charge is -2.10. The zero-order valence-electron chi connectivity index (χ0n) is 9.82. The Balaban J connectivity index is 2.88. The van der Waals surface area contributed by atoms with Crippen molar-refractivity contribution in [2.45, 2.75) is 19.5 Å². The van der Waals surface area contributed by atoms with E-state index in [1.807, 2.05) is 0 Å². The van der Waals surface area contributed by atoms with Crippen LogP contribution in [-0.4, -0.2) is 33.6 Å². The first-order valence-electron chi connectivity index (χ1n) is 4.97. The Morgan fingerprint density at radius 1 is 1.56 bits per heavy atom. The Bertz CT molecular complexity index is 453. The van der Waals surface area contributed by atoms with Crippen LogP contribution in [0, 0.1) is 6.92 Å². The first-order chi connectivity index (χ1) is 8.26. The van der Waals surface area contributed by atoms with Crippen molar-refractivity contribution in [1.29, 1.82) is 0 Å². The molecular weight excluding hydrogens is 253 g/mol. The molecule has 18 heavy (non-hydrogen) atoms. The van der Waals surface area contributed by atoms with Gasteiger partial charge in [0.25, 0.3) is 0 Å². The number of hydrogen-bond donors (Lipinski definition) is 2. The van der Waals surface area contributed by atoms with E-state index in [0.29, 0.717) is 5.69 Å². The normalized spacial score (nSPS) is 12.8. The van der Waals surface area contributed by atoms with Crippen molar-refractivity contribution in [1.82, 2.24) is 9.78 Å². The van der Waals surface area contributed by atoms with Crippen LogP contribution in [0.5, 0.6) is 5.88 Å². The third-order valence-corrected chi connectivity index (χ3v) is 2.16. The zero-order chi connectivity index (χ0) is 13.9. The van der Waals surface area contributed by atoms with Gasteiger partial charge in [-0.15, -0.1) is 0 Å². The van der Waals surface area contributed by atoms with E-state index in [2.05, 4.69) is 10.3 Å². The van der Waals surface area contributed by atoms with Crippen LogP contribution in [0.15, 0.2) is 5.16 Å². The van der Waals surface area contributed by atoms with Gasteiger partial charge in [0.2, 0.25) is 5.88 Å². The molecule has 9 heteroatoms. The Kier molecular flexibility index (Phi) is 4.04. The van der Waals surface area contributed by atoms with Crippen molar-refractivity contribution in [2.75, 3.05) is 6.61 Å². The quantitative estimate of drug-likeness (QED) is 0.370. The molecule has 0 bridgehead atoms. The van der Waals surface area contributed by atoms with E-state index in [0.717, 1.165) is 0 Å². The minimum absolute atomic E-state index is 0.0343. The minimum Gasteiger partial charge on any atom is -0.477 e. The Hall–Kier alpha value is -1.93. The van der Waals surface area contributed by atoms with Crippen molar-refractivity contribution in [3.63, 3.8) is 0 Å². The number of alkyl halides is 3. The van der Waals surface area contributed by atoms with Crippen LogP contribution in [0.3, 0.4) is 0 Å². The highest BCUT2D eigenvalue weighted by Gasteiger charge is 2.28. The third kappa shape index (κ3) is 3.28. The standard InChI is InChI=1S/C9H13F3N4O2/c1-5-6(7(13)15-17)8(16(2)14-5)18-4-3-9(10,11)12/h17H,3-4H2,1-2H3,(H2,13,15). The second kappa shape index (κ2) is 5.15. The molecule has 0 spiro atoms. The number of aryl methyl sites for hydroxylation is 2. The number of amidine groups is 1. The smallest absolute Gasteiger partial charge is 0.392 e. The fraction of sp³-hybridized carbons (Fsp3) is 0.556. The topological polar surface area (TPSA) is 85.7 Å². The first kappa shape index (κ1) is 14.1. The predicted octanol–water partition coefficient (Wildman–Crippen LogP) is 1.15.